The van der Waals surface area contributed by atoms with Gasteiger partial charge in [0.05, 0.1) is 26.4 Å². The van der Waals surface area contributed by atoms with Crippen molar-refractivity contribution >= 4 is 11.9 Å². The highest BCUT2D eigenvalue weighted by molar-refractivity contribution is 5.70. The van der Waals surface area contributed by atoms with E-state index in [9.17, 15) is 9.59 Å². The minimum absolute atomic E-state index is 0.239. The molecule has 8 heteroatoms. The molecule has 0 unspecified atom stereocenters. The third-order valence-electron chi connectivity index (χ3n) is 4.48. The smallest absolute Gasteiger partial charge is 0.306 e. The summed E-state index contributed by atoms with van der Waals surface area (Å²) in [6.45, 7) is 9.46. The molecule has 0 saturated carbocycles. The zero-order valence-corrected chi connectivity index (χ0v) is 17.4. The van der Waals surface area contributed by atoms with Gasteiger partial charge in [0.25, 0.3) is 0 Å². The normalized spacial score (nSPS) is 28.4. The first kappa shape index (κ1) is 23.1. The fourth-order valence-electron chi connectivity index (χ4n) is 2.94. The summed E-state index contributed by atoms with van der Waals surface area (Å²) in [5.74, 6) is -0.0794. The van der Waals surface area contributed by atoms with Crippen LogP contribution in [0.25, 0.3) is 0 Å². The second kappa shape index (κ2) is 11.7. The van der Waals surface area contributed by atoms with Gasteiger partial charge in [-0.3, -0.25) is 9.59 Å². The molecule has 0 spiro atoms. The van der Waals surface area contributed by atoms with Crippen LogP contribution in [-0.4, -0.2) is 63.2 Å². The first-order valence-electron chi connectivity index (χ1n) is 10.2. The zero-order valence-electron chi connectivity index (χ0n) is 17.4. The molecule has 2 fully saturated rings. The first-order valence-corrected chi connectivity index (χ1v) is 10.2. The molecule has 8 nitrogen and oxygen atoms in total. The van der Waals surface area contributed by atoms with E-state index in [1.807, 2.05) is 27.7 Å². The second-order valence-electron chi connectivity index (χ2n) is 7.99. The Labute approximate surface area is 167 Å². The van der Waals surface area contributed by atoms with Crippen LogP contribution >= 0.6 is 0 Å². The fourth-order valence-corrected chi connectivity index (χ4v) is 2.94. The third-order valence-corrected chi connectivity index (χ3v) is 4.48. The second-order valence-corrected chi connectivity index (χ2v) is 7.99. The topological polar surface area (TPSA) is 89.5 Å². The summed E-state index contributed by atoms with van der Waals surface area (Å²) in [5, 5.41) is 0. The number of esters is 2. The average Bonchev–Trinajstić information content (AvgIpc) is 2.66. The van der Waals surface area contributed by atoms with Crippen molar-refractivity contribution in [1.82, 2.24) is 0 Å². The third kappa shape index (κ3) is 8.03. The molecule has 28 heavy (non-hydrogen) atoms. The van der Waals surface area contributed by atoms with Crippen LogP contribution in [-0.2, 0) is 38.0 Å². The summed E-state index contributed by atoms with van der Waals surface area (Å²) in [6.07, 6.45) is 0.414. The number of rotatable bonds is 9. The number of ether oxygens (including phenoxy) is 6. The number of hydrogen-bond acceptors (Lipinski definition) is 8. The maximum absolute atomic E-state index is 11.9. The molecule has 0 aromatic heterocycles. The van der Waals surface area contributed by atoms with Gasteiger partial charge in [-0.05, 0) is 12.8 Å². The van der Waals surface area contributed by atoms with Crippen molar-refractivity contribution in [2.75, 3.05) is 26.4 Å². The molecule has 2 rings (SSSR count). The largest absolute Gasteiger partial charge is 0.457 e. The predicted octanol–water partition coefficient (Wildman–Crippen LogP) is 2.43. The Hall–Kier alpha value is -1.22. The minimum Gasteiger partial charge on any atom is -0.457 e. The van der Waals surface area contributed by atoms with Crippen LogP contribution < -0.4 is 0 Å². The van der Waals surface area contributed by atoms with Crippen molar-refractivity contribution in [3.63, 3.8) is 0 Å². The summed E-state index contributed by atoms with van der Waals surface area (Å²) in [7, 11) is 0. The van der Waals surface area contributed by atoms with E-state index in [-0.39, 0.29) is 61.4 Å². The van der Waals surface area contributed by atoms with Gasteiger partial charge in [0.15, 0.2) is 12.6 Å². The van der Waals surface area contributed by atoms with Gasteiger partial charge < -0.3 is 28.4 Å². The highest BCUT2D eigenvalue weighted by Crippen LogP contribution is 2.17. The van der Waals surface area contributed by atoms with Gasteiger partial charge in [0, 0.05) is 24.7 Å². The van der Waals surface area contributed by atoms with Crippen molar-refractivity contribution in [3.05, 3.63) is 0 Å². The summed E-state index contributed by atoms with van der Waals surface area (Å²) in [5.41, 5.74) is 0. The van der Waals surface area contributed by atoms with Crippen molar-refractivity contribution in [2.45, 2.75) is 78.2 Å². The summed E-state index contributed by atoms with van der Waals surface area (Å²) in [4.78, 5) is 23.8. The monoisotopic (exact) mass is 402 g/mol. The molecule has 0 bridgehead atoms. The number of carbonyl (C=O) groups excluding carboxylic acids is 2. The van der Waals surface area contributed by atoms with Crippen LogP contribution in [0.2, 0.25) is 0 Å². The van der Waals surface area contributed by atoms with Gasteiger partial charge in [-0.1, -0.05) is 27.7 Å². The molecule has 0 N–H and O–H groups in total. The van der Waals surface area contributed by atoms with Crippen molar-refractivity contribution in [3.8, 4) is 0 Å². The molecule has 0 radical (unpaired) electrons. The zero-order chi connectivity index (χ0) is 20.5. The van der Waals surface area contributed by atoms with E-state index in [2.05, 4.69) is 0 Å². The number of carbonyl (C=O) groups is 2. The summed E-state index contributed by atoms with van der Waals surface area (Å²) >= 11 is 0. The molecule has 2 aliphatic heterocycles. The van der Waals surface area contributed by atoms with Gasteiger partial charge in [0.1, 0.15) is 12.2 Å². The number of hydrogen-bond donors (Lipinski definition) is 0. The Morgan fingerprint density at radius 3 is 1.32 bits per heavy atom. The van der Waals surface area contributed by atoms with Gasteiger partial charge >= 0.3 is 11.9 Å². The van der Waals surface area contributed by atoms with Crippen molar-refractivity contribution < 1.29 is 38.0 Å². The van der Waals surface area contributed by atoms with Gasteiger partial charge in [0.2, 0.25) is 0 Å². The maximum atomic E-state index is 11.9. The lowest BCUT2D eigenvalue weighted by Crippen LogP contribution is -2.40. The maximum Gasteiger partial charge on any atom is 0.306 e. The Balaban J connectivity index is 1.50. The van der Waals surface area contributed by atoms with E-state index in [4.69, 9.17) is 28.4 Å². The average molecular weight is 402 g/mol. The van der Waals surface area contributed by atoms with E-state index in [0.717, 1.165) is 0 Å². The Kier molecular flexibility index (Phi) is 9.64. The lowest BCUT2D eigenvalue weighted by molar-refractivity contribution is -0.240. The van der Waals surface area contributed by atoms with Crippen LogP contribution in [0, 0.1) is 11.8 Å². The van der Waals surface area contributed by atoms with Gasteiger partial charge in [-0.25, -0.2) is 0 Å². The molecule has 2 saturated heterocycles. The molecule has 2 heterocycles. The first-order chi connectivity index (χ1) is 13.3. The van der Waals surface area contributed by atoms with Gasteiger partial charge in [-0.2, -0.15) is 0 Å². The molecule has 0 aliphatic carbocycles. The summed E-state index contributed by atoms with van der Waals surface area (Å²) in [6, 6.07) is 0. The molecule has 162 valence electrons. The Morgan fingerprint density at radius 1 is 0.714 bits per heavy atom. The van der Waals surface area contributed by atoms with E-state index < -0.39 is 0 Å². The quantitative estimate of drug-likeness (QED) is 0.429. The lowest BCUT2D eigenvalue weighted by Gasteiger charge is -2.31. The molecular weight excluding hydrogens is 368 g/mol. The highest BCUT2D eigenvalue weighted by Gasteiger charge is 2.28. The SMILES string of the molecule is CC(C)C1OCC(OC(=O)CCCCC(=O)OC2COC(C(C)C)OC2)CO1. The van der Waals surface area contributed by atoms with E-state index >= 15 is 0 Å². The Bertz CT molecular complexity index is 433. The minimum atomic E-state index is -0.367. The molecule has 2 aliphatic rings. The number of unbranched alkanes of at least 4 members (excludes halogenated alkanes) is 1. The van der Waals surface area contributed by atoms with Crippen molar-refractivity contribution in [1.29, 1.82) is 0 Å². The Morgan fingerprint density at radius 2 is 1.04 bits per heavy atom. The van der Waals surface area contributed by atoms with Crippen LogP contribution in [0.4, 0.5) is 0 Å². The van der Waals surface area contributed by atoms with Gasteiger partial charge in [-0.15, -0.1) is 0 Å². The molecular formula is C20H34O8. The highest BCUT2D eigenvalue weighted by atomic mass is 16.7. The van der Waals surface area contributed by atoms with Crippen LogP contribution in [0.15, 0.2) is 0 Å². The molecule has 0 atom stereocenters. The van der Waals surface area contributed by atoms with Crippen molar-refractivity contribution in [2.24, 2.45) is 11.8 Å². The molecule has 0 aromatic carbocycles. The molecule has 0 amide bonds. The molecule has 0 aromatic rings. The van der Waals surface area contributed by atoms with Crippen LogP contribution in [0.1, 0.15) is 53.4 Å². The lowest BCUT2D eigenvalue weighted by atomic mass is 10.2. The predicted molar refractivity (Wildman–Crippen MR) is 99.3 cm³/mol. The van der Waals surface area contributed by atoms with Crippen LogP contribution in [0.5, 0.6) is 0 Å². The van der Waals surface area contributed by atoms with Crippen LogP contribution in [0.3, 0.4) is 0 Å². The summed E-state index contributed by atoms with van der Waals surface area (Å²) < 4.78 is 32.8. The van der Waals surface area contributed by atoms with E-state index in [1.54, 1.807) is 0 Å². The van der Waals surface area contributed by atoms with E-state index in [1.165, 1.54) is 0 Å². The fraction of sp³-hybridized carbons (Fsp3) is 0.900. The van der Waals surface area contributed by atoms with E-state index in [0.29, 0.717) is 39.3 Å². The standard InChI is InChI=1S/C20H34O8/c1-13(2)19-23-9-15(10-24-19)27-17(21)7-5-6-8-18(22)28-16-11-25-20(14(3)4)26-12-16/h13-16,19-20H,5-12H2,1-4H3.